The molecule has 0 radical (unpaired) electrons. The molecule has 1 fully saturated rings. The highest BCUT2D eigenvalue weighted by atomic mass is 16.5. The number of carbonyl (C=O) groups is 1. The van der Waals surface area contributed by atoms with Crippen molar-refractivity contribution in [2.24, 2.45) is 5.92 Å². The van der Waals surface area contributed by atoms with Crippen LogP contribution in [-0.4, -0.2) is 37.0 Å². The summed E-state index contributed by atoms with van der Waals surface area (Å²) >= 11 is 0. The lowest BCUT2D eigenvalue weighted by atomic mass is 9.99. The van der Waals surface area contributed by atoms with Crippen LogP contribution >= 0.6 is 0 Å². The monoisotopic (exact) mass is 350 g/mol. The van der Waals surface area contributed by atoms with Crippen LogP contribution in [0.15, 0.2) is 54.6 Å². The van der Waals surface area contributed by atoms with Gasteiger partial charge in [-0.25, -0.2) is 0 Å². The van der Waals surface area contributed by atoms with Crippen molar-refractivity contribution in [3.8, 4) is 5.75 Å². The second-order valence-corrected chi connectivity index (χ2v) is 7.43. The van der Waals surface area contributed by atoms with Gasteiger partial charge in [-0.15, -0.1) is 0 Å². The van der Waals surface area contributed by atoms with Crippen LogP contribution in [0.25, 0.3) is 0 Å². The first kappa shape index (κ1) is 17.1. The Morgan fingerprint density at radius 1 is 1.04 bits per heavy atom. The van der Waals surface area contributed by atoms with Gasteiger partial charge in [0, 0.05) is 0 Å². The maximum Gasteiger partial charge on any atom is 0.241 e. The molecule has 0 aliphatic carbocycles. The number of anilines is 1. The van der Waals surface area contributed by atoms with E-state index in [0.29, 0.717) is 13.2 Å². The van der Waals surface area contributed by atoms with Crippen molar-refractivity contribution < 1.29 is 9.53 Å². The Kier molecular flexibility index (Phi) is 4.93. The zero-order chi connectivity index (χ0) is 17.9. The lowest BCUT2D eigenvalue weighted by Gasteiger charge is -2.39. The second-order valence-electron chi connectivity index (χ2n) is 7.43. The van der Waals surface area contributed by atoms with Gasteiger partial charge in [0.15, 0.2) is 0 Å². The fraction of sp³-hybridized carbons (Fsp3) is 0.409. The summed E-state index contributed by atoms with van der Waals surface area (Å²) < 4.78 is 5.97. The van der Waals surface area contributed by atoms with Crippen molar-refractivity contribution in [1.82, 2.24) is 4.90 Å². The van der Waals surface area contributed by atoms with Gasteiger partial charge in [-0.3, -0.25) is 14.6 Å². The molecule has 26 heavy (non-hydrogen) atoms. The predicted octanol–water partition coefficient (Wildman–Crippen LogP) is 3.89. The highest BCUT2D eigenvalue weighted by molar-refractivity contribution is 5.97. The van der Waals surface area contributed by atoms with Crippen LogP contribution in [0.5, 0.6) is 5.75 Å². The highest BCUT2D eigenvalue weighted by Crippen LogP contribution is 2.39. The van der Waals surface area contributed by atoms with E-state index in [9.17, 15) is 4.79 Å². The number of piperidine rings is 1. The quantitative estimate of drug-likeness (QED) is 0.842. The van der Waals surface area contributed by atoms with Crippen LogP contribution < -0.4 is 9.64 Å². The maximum atomic E-state index is 13.3. The largest absolute Gasteiger partial charge is 0.489 e. The van der Waals surface area contributed by atoms with Gasteiger partial charge < -0.3 is 4.74 Å². The van der Waals surface area contributed by atoms with Crippen molar-refractivity contribution in [1.29, 1.82) is 0 Å². The summed E-state index contributed by atoms with van der Waals surface area (Å²) in [5, 5.41) is 0. The van der Waals surface area contributed by atoms with Crippen LogP contribution in [0.3, 0.4) is 0 Å². The highest BCUT2D eigenvalue weighted by Gasteiger charge is 2.34. The van der Waals surface area contributed by atoms with E-state index in [1.165, 1.54) is 12.8 Å². The number of carbonyl (C=O) groups excluding carboxylic acids is 1. The number of amides is 1. The SMILES string of the molecule is CC1CCN(CC(=O)N2c3ccccc3OC[C@@H]2c2ccccc2)CC1. The van der Waals surface area contributed by atoms with E-state index in [0.717, 1.165) is 36.0 Å². The molecular formula is C22H26N2O2. The Morgan fingerprint density at radius 2 is 1.73 bits per heavy atom. The standard InChI is InChI=1S/C22H26N2O2/c1-17-11-13-23(14-12-17)15-22(25)24-19-9-5-6-10-21(19)26-16-20(24)18-7-3-2-4-8-18/h2-10,17,20H,11-16H2,1H3/t20-/m1/s1. The third-order valence-electron chi connectivity index (χ3n) is 5.52. The van der Waals surface area contributed by atoms with Crippen LogP contribution in [0, 0.1) is 5.92 Å². The Morgan fingerprint density at radius 3 is 2.50 bits per heavy atom. The van der Waals surface area contributed by atoms with Crippen LogP contribution in [-0.2, 0) is 4.79 Å². The molecule has 0 unspecified atom stereocenters. The van der Waals surface area contributed by atoms with E-state index >= 15 is 0 Å². The molecule has 1 saturated heterocycles. The van der Waals surface area contributed by atoms with Gasteiger partial charge in [-0.1, -0.05) is 49.4 Å². The topological polar surface area (TPSA) is 32.8 Å². The summed E-state index contributed by atoms with van der Waals surface area (Å²) in [5.74, 6) is 1.71. The molecule has 1 atom stereocenters. The number of rotatable bonds is 3. The van der Waals surface area contributed by atoms with Gasteiger partial charge >= 0.3 is 0 Å². The number of para-hydroxylation sites is 2. The van der Waals surface area contributed by atoms with Crippen molar-refractivity contribution >= 4 is 11.6 Å². The molecule has 4 nitrogen and oxygen atoms in total. The Bertz CT molecular complexity index is 754. The number of hydrogen-bond donors (Lipinski definition) is 0. The normalized spacial score (nSPS) is 21.1. The number of fused-ring (bicyclic) bond motifs is 1. The summed E-state index contributed by atoms with van der Waals surface area (Å²) in [5.41, 5.74) is 1.99. The molecule has 2 aromatic rings. The van der Waals surface area contributed by atoms with E-state index in [4.69, 9.17) is 4.74 Å². The van der Waals surface area contributed by atoms with Crippen LogP contribution in [0.4, 0.5) is 5.69 Å². The maximum absolute atomic E-state index is 13.3. The minimum absolute atomic E-state index is 0.0812. The molecule has 0 aromatic heterocycles. The molecule has 0 bridgehead atoms. The van der Waals surface area contributed by atoms with Gasteiger partial charge in [-0.2, -0.15) is 0 Å². The predicted molar refractivity (Wildman–Crippen MR) is 103 cm³/mol. The molecule has 2 aliphatic heterocycles. The van der Waals surface area contributed by atoms with Gasteiger partial charge in [0.25, 0.3) is 0 Å². The van der Waals surface area contributed by atoms with E-state index < -0.39 is 0 Å². The third kappa shape index (κ3) is 3.47. The molecule has 2 aromatic carbocycles. The molecule has 2 aliphatic rings. The fourth-order valence-electron chi connectivity index (χ4n) is 3.91. The minimum Gasteiger partial charge on any atom is -0.489 e. The lowest BCUT2D eigenvalue weighted by Crippen LogP contribution is -2.47. The van der Waals surface area contributed by atoms with Crippen molar-refractivity contribution in [3.05, 3.63) is 60.2 Å². The summed E-state index contributed by atoms with van der Waals surface area (Å²) in [6, 6.07) is 18.0. The first-order chi connectivity index (χ1) is 12.7. The van der Waals surface area contributed by atoms with E-state index in [1.807, 2.05) is 47.4 Å². The summed E-state index contributed by atoms with van der Waals surface area (Å²) in [6.45, 7) is 5.28. The Labute approximate surface area is 155 Å². The molecule has 4 heteroatoms. The fourth-order valence-corrected chi connectivity index (χ4v) is 3.91. The molecule has 0 N–H and O–H groups in total. The van der Waals surface area contributed by atoms with Gasteiger partial charge in [0.1, 0.15) is 12.4 Å². The molecular weight excluding hydrogens is 324 g/mol. The summed E-state index contributed by atoms with van der Waals surface area (Å²) in [4.78, 5) is 17.6. The summed E-state index contributed by atoms with van der Waals surface area (Å²) in [7, 11) is 0. The van der Waals surface area contributed by atoms with E-state index in [-0.39, 0.29) is 11.9 Å². The zero-order valence-corrected chi connectivity index (χ0v) is 15.3. The molecule has 1 amide bonds. The summed E-state index contributed by atoms with van der Waals surface area (Å²) in [6.07, 6.45) is 2.35. The number of ether oxygens (including phenoxy) is 1. The van der Waals surface area contributed by atoms with Crippen molar-refractivity contribution in [2.75, 3.05) is 31.1 Å². The first-order valence-corrected chi connectivity index (χ1v) is 9.53. The lowest BCUT2D eigenvalue weighted by molar-refractivity contribution is -0.121. The number of hydrogen-bond acceptors (Lipinski definition) is 3. The molecule has 2 heterocycles. The van der Waals surface area contributed by atoms with Gasteiger partial charge in [0.2, 0.25) is 5.91 Å². The van der Waals surface area contributed by atoms with Crippen molar-refractivity contribution in [3.63, 3.8) is 0 Å². The molecule has 136 valence electrons. The Balaban J connectivity index is 1.61. The smallest absolute Gasteiger partial charge is 0.241 e. The number of nitrogens with zero attached hydrogens (tertiary/aromatic N) is 2. The van der Waals surface area contributed by atoms with Gasteiger partial charge in [0.05, 0.1) is 18.3 Å². The Hall–Kier alpha value is -2.33. The van der Waals surface area contributed by atoms with E-state index in [1.54, 1.807) is 0 Å². The second kappa shape index (κ2) is 7.50. The average Bonchev–Trinajstić information content (AvgIpc) is 2.69. The average molecular weight is 350 g/mol. The molecule has 0 spiro atoms. The number of likely N-dealkylation sites (tertiary alicyclic amines) is 1. The van der Waals surface area contributed by atoms with E-state index in [2.05, 4.69) is 24.0 Å². The third-order valence-corrected chi connectivity index (χ3v) is 5.52. The van der Waals surface area contributed by atoms with Gasteiger partial charge in [-0.05, 0) is 49.5 Å². The minimum atomic E-state index is -0.0812. The van der Waals surface area contributed by atoms with Crippen LogP contribution in [0.2, 0.25) is 0 Å². The molecule has 0 saturated carbocycles. The van der Waals surface area contributed by atoms with Crippen LogP contribution in [0.1, 0.15) is 31.4 Å². The molecule has 4 rings (SSSR count). The zero-order valence-electron chi connectivity index (χ0n) is 15.3. The number of benzene rings is 2. The first-order valence-electron chi connectivity index (χ1n) is 9.53. The van der Waals surface area contributed by atoms with Crippen molar-refractivity contribution in [2.45, 2.75) is 25.8 Å².